The van der Waals surface area contributed by atoms with Crippen LogP contribution < -0.4 is 0 Å². The van der Waals surface area contributed by atoms with Gasteiger partial charge in [0.15, 0.2) is 0 Å². The molecule has 2 heterocycles. The molecule has 174 valence electrons. The first-order valence-electron chi connectivity index (χ1n) is 10.3. The van der Waals surface area contributed by atoms with E-state index in [4.69, 9.17) is 23.2 Å². The molecule has 0 unspecified atom stereocenters. The number of hydrogen-bond donors (Lipinski definition) is 1. The van der Waals surface area contributed by atoms with Gasteiger partial charge in [-0.3, -0.25) is 4.79 Å². The normalized spacial score (nSPS) is 11.6. The summed E-state index contributed by atoms with van der Waals surface area (Å²) >= 11 is 12.0. The van der Waals surface area contributed by atoms with Crippen LogP contribution in [0.1, 0.15) is 28.1 Å². The molecule has 0 radical (unpaired) electrons. The van der Waals surface area contributed by atoms with Crippen LogP contribution in [0, 0.1) is 0 Å². The summed E-state index contributed by atoms with van der Waals surface area (Å²) in [5.41, 5.74) is 2.38. The monoisotopic (exact) mass is 503 g/mol. The summed E-state index contributed by atoms with van der Waals surface area (Å²) in [6, 6.07) is 14.3. The number of halogens is 5. The van der Waals surface area contributed by atoms with E-state index < -0.39 is 16.8 Å². The highest BCUT2D eigenvalue weighted by Gasteiger charge is 2.33. The molecule has 34 heavy (non-hydrogen) atoms. The fourth-order valence-electron chi connectivity index (χ4n) is 3.59. The Morgan fingerprint density at radius 3 is 2.32 bits per heavy atom. The highest BCUT2D eigenvalue weighted by atomic mass is 35.5. The third kappa shape index (κ3) is 5.85. The number of Topliss-reactive ketones (excluding diaryl/α,β-unsaturated/α-hetero) is 1. The van der Waals surface area contributed by atoms with Crippen molar-refractivity contribution < 1.29 is 18.0 Å². The average Bonchev–Trinajstić information content (AvgIpc) is 3.32. The fraction of sp³-hybridized carbons (Fsp3) is 0.160. The van der Waals surface area contributed by atoms with Gasteiger partial charge in [-0.15, -0.1) is 0 Å². The summed E-state index contributed by atoms with van der Waals surface area (Å²) in [7, 11) is 0. The van der Waals surface area contributed by atoms with E-state index in [1.807, 2.05) is 18.3 Å². The molecule has 2 aromatic carbocycles. The third-order valence-electron chi connectivity index (χ3n) is 5.18. The molecule has 9 heteroatoms. The maximum absolute atomic E-state index is 13.1. The minimum absolute atomic E-state index is 0.0531. The van der Waals surface area contributed by atoms with Crippen molar-refractivity contribution in [3.63, 3.8) is 0 Å². The number of nitrogens with one attached hydrogen (secondary N) is 1. The molecule has 4 aromatic rings. The lowest BCUT2D eigenvalue weighted by Gasteiger charge is -2.11. The lowest BCUT2D eigenvalue weighted by Crippen LogP contribution is -2.10. The summed E-state index contributed by atoms with van der Waals surface area (Å²) < 4.78 is 39.3. The van der Waals surface area contributed by atoms with Gasteiger partial charge in [0.1, 0.15) is 11.6 Å². The van der Waals surface area contributed by atoms with Crippen molar-refractivity contribution >= 4 is 29.0 Å². The lowest BCUT2D eigenvalue weighted by molar-refractivity contribution is -0.137. The zero-order valence-electron chi connectivity index (χ0n) is 17.7. The number of carbonyl (C=O) groups excluding carboxylic acids is 1. The molecule has 4 rings (SSSR count). The molecule has 0 aliphatic rings. The van der Waals surface area contributed by atoms with Crippen molar-refractivity contribution in [1.29, 1.82) is 0 Å². The Morgan fingerprint density at radius 1 is 0.941 bits per heavy atom. The van der Waals surface area contributed by atoms with Gasteiger partial charge in [0.2, 0.25) is 0 Å². The number of nitrogens with zero attached hydrogens (tertiary/aromatic N) is 2. The van der Waals surface area contributed by atoms with E-state index in [-0.39, 0.29) is 24.2 Å². The van der Waals surface area contributed by atoms with Gasteiger partial charge in [-0.05, 0) is 53.1 Å². The van der Waals surface area contributed by atoms with E-state index in [2.05, 4.69) is 15.0 Å². The molecule has 0 fully saturated rings. The molecule has 1 N–H and O–H groups in total. The minimum Gasteiger partial charge on any atom is -0.360 e. The number of aromatic amines is 1. The maximum Gasteiger partial charge on any atom is 0.417 e. The smallest absolute Gasteiger partial charge is 0.360 e. The Labute approximate surface area is 203 Å². The number of carbonyl (C=O) groups is 1. The van der Waals surface area contributed by atoms with Crippen LogP contribution in [0.25, 0.3) is 11.4 Å². The van der Waals surface area contributed by atoms with Gasteiger partial charge in [-0.25, -0.2) is 9.97 Å². The highest BCUT2D eigenvalue weighted by molar-refractivity contribution is 6.31. The first kappa shape index (κ1) is 24.0. The Morgan fingerprint density at radius 2 is 1.65 bits per heavy atom. The largest absolute Gasteiger partial charge is 0.417 e. The Hall–Kier alpha value is -3.16. The van der Waals surface area contributed by atoms with E-state index in [0.717, 1.165) is 29.1 Å². The first-order valence-corrected chi connectivity index (χ1v) is 11.0. The second kappa shape index (κ2) is 9.99. The van der Waals surface area contributed by atoms with Crippen LogP contribution in [-0.4, -0.2) is 20.7 Å². The molecule has 2 aromatic heterocycles. The SMILES string of the molecule is O=C(Cc1ccc(Cl)c(Cc2nccc(-c3ccc[nH]3)n2)c1)Cc1ccc(Cl)c(C(F)(F)F)c1. The summed E-state index contributed by atoms with van der Waals surface area (Å²) in [5, 5.41) is 0.117. The molecule has 0 atom stereocenters. The number of ketones is 1. The van der Waals surface area contributed by atoms with E-state index >= 15 is 0 Å². The van der Waals surface area contributed by atoms with Crippen molar-refractivity contribution in [2.45, 2.75) is 25.4 Å². The van der Waals surface area contributed by atoms with Crippen molar-refractivity contribution in [1.82, 2.24) is 15.0 Å². The number of hydrogen-bond acceptors (Lipinski definition) is 3. The Balaban J connectivity index is 1.48. The predicted octanol–water partition coefficient (Wildman–Crippen LogP) is 6.74. The topological polar surface area (TPSA) is 58.6 Å². The molecule has 0 bridgehead atoms. The molecule has 0 aliphatic heterocycles. The van der Waals surface area contributed by atoms with Crippen molar-refractivity contribution in [3.05, 3.63) is 105 Å². The zero-order chi connectivity index (χ0) is 24.3. The molecule has 0 saturated carbocycles. The van der Waals surface area contributed by atoms with Crippen LogP contribution in [0.15, 0.2) is 67.0 Å². The second-order valence-electron chi connectivity index (χ2n) is 7.75. The zero-order valence-corrected chi connectivity index (χ0v) is 19.2. The van der Waals surface area contributed by atoms with E-state index in [1.54, 1.807) is 30.5 Å². The predicted molar refractivity (Wildman–Crippen MR) is 125 cm³/mol. The summed E-state index contributed by atoms with van der Waals surface area (Å²) in [4.78, 5) is 24.6. The second-order valence-corrected chi connectivity index (χ2v) is 8.56. The van der Waals surface area contributed by atoms with Crippen molar-refractivity contribution in [3.8, 4) is 11.4 Å². The van der Waals surface area contributed by atoms with Crippen LogP contribution in [0.2, 0.25) is 10.0 Å². The van der Waals surface area contributed by atoms with Gasteiger partial charge in [0, 0.05) is 36.7 Å². The van der Waals surface area contributed by atoms with Gasteiger partial charge in [-0.1, -0.05) is 41.4 Å². The number of benzene rings is 2. The quantitative estimate of drug-likeness (QED) is 0.303. The molecule has 0 aliphatic carbocycles. The molecule has 0 amide bonds. The number of alkyl halides is 3. The molecular formula is C25H18Cl2F3N3O. The minimum atomic E-state index is -4.58. The van der Waals surface area contributed by atoms with E-state index in [1.165, 1.54) is 6.07 Å². The summed E-state index contributed by atoms with van der Waals surface area (Å²) in [5.74, 6) is 0.340. The van der Waals surface area contributed by atoms with Crippen LogP contribution in [0.4, 0.5) is 13.2 Å². The van der Waals surface area contributed by atoms with E-state index in [0.29, 0.717) is 22.8 Å². The number of H-pyrrole nitrogens is 1. The van der Waals surface area contributed by atoms with Crippen LogP contribution >= 0.6 is 23.2 Å². The Kier molecular flexibility index (Phi) is 7.05. The van der Waals surface area contributed by atoms with Gasteiger partial charge in [0.05, 0.1) is 22.0 Å². The van der Waals surface area contributed by atoms with Crippen LogP contribution in [0.3, 0.4) is 0 Å². The molecule has 0 spiro atoms. The highest BCUT2D eigenvalue weighted by Crippen LogP contribution is 2.35. The molecular weight excluding hydrogens is 486 g/mol. The lowest BCUT2D eigenvalue weighted by atomic mass is 9.99. The average molecular weight is 504 g/mol. The van der Waals surface area contributed by atoms with Crippen LogP contribution in [-0.2, 0) is 30.2 Å². The number of rotatable bonds is 7. The van der Waals surface area contributed by atoms with Gasteiger partial charge in [-0.2, -0.15) is 13.2 Å². The fourth-order valence-corrected chi connectivity index (χ4v) is 3.99. The summed E-state index contributed by atoms with van der Waals surface area (Å²) in [6.07, 6.45) is -0.830. The Bertz CT molecular complexity index is 1320. The first-order chi connectivity index (χ1) is 16.2. The van der Waals surface area contributed by atoms with Gasteiger partial charge >= 0.3 is 6.18 Å². The van der Waals surface area contributed by atoms with Crippen molar-refractivity contribution in [2.24, 2.45) is 0 Å². The van der Waals surface area contributed by atoms with Gasteiger partial charge in [0.25, 0.3) is 0 Å². The van der Waals surface area contributed by atoms with Crippen LogP contribution in [0.5, 0.6) is 0 Å². The van der Waals surface area contributed by atoms with E-state index in [9.17, 15) is 18.0 Å². The summed E-state index contributed by atoms with van der Waals surface area (Å²) in [6.45, 7) is 0. The molecule has 0 saturated heterocycles. The standard InChI is InChI=1S/C25H18Cl2F3N3O/c26-20-5-3-15(11-18(34)12-16-4-6-21(27)19(13-16)25(28,29)30)10-17(20)14-24-32-9-7-23(33-24)22-2-1-8-31-22/h1-10,13,31H,11-12,14H2. The molecule has 4 nitrogen and oxygen atoms in total. The van der Waals surface area contributed by atoms with Gasteiger partial charge < -0.3 is 4.98 Å². The maximum atomic E-state index is 13.1. The number of aromatic nitrogens is 3. The van der Waals surface area contributed by atoms with Crippen molar-refractivity contribution in [2.75, 3.05) is 0 Å². The third-order valence-corrected chi connectivity index (χ3v) is 5.88.